The number of hydrogen-bond acceptors (Lipinski definition) is 8. The minimum atomic E-state index is -3.90. The van der Waals surface area contributed by atoms with Gasteiger partial charge in [0, 0.05) is 25.8 Å². The van der Waals surface area contributed by atoms with E-state index in [1.807, 2.05) is 6.07 Å². The highest BCUT2D eigenvalue weighted by atomic mass is 32.2. The van der Waals surface area contributed by atoms with Crippen molar-refractivity contribution in [2.24, 2.45) is 0 Å². The first-order valence-electron chi connectivity index (χ1n) is 8.25. The predicted octanol–water partition coefficient (Wildman–Crippen LogP) is 2.48. The highest BCUT2D eigenvalue weighted by Crippen LogP contribution is 2.40. The molecule has 0 aromatic heterocycles. The lowest BCUT2D eigenvalue weighted by Crippen LogP contribution is -2.10. The molecule has 2 rings (SSSR count). The summed E-state index contributed by atoms with van der Waals surface area (Å²) in [6.45, 7) is 0.841. The van der Waals surface area contributed by atoms with E-state index in [9.17, 15) is 13.7 Å². The molecule has 0 unspecified atom stereocenters. The molecule has 0 radical (unpaired) electrons. The van der Waals surface area contributed by atoms with Crippen LogP contribution in [0.2, 0.25) is 0 Å². The van der Waals surface area contributed by atoms with E-state index in [4.69, 9.17) is 18.9 Å². The van der Waals surface area contributed by atoms with Crippen molar-refractivity contribution in [3.05, 3.63) is 35.9 Å². The van der Waals surface area contributed by atoms with Gasteiger partial charge in [-0.05, 0) is 18.2 Å². The summed E-state index contributed by atoms with van der Waals surface area (Å²) < 4.78 is 47.0. The quantitative estimate of drug-likeness (QED) is 0.633. The highest BCUT2D eigenvalue weighted by Gasteiger charge is 2.24. The number of nitrogens with one attached hydrogen (secondary N) is 1. The molecule has 9 heteroatoms. The van der Waals surface area contributed by atoms with Crippen LogP contribution in [-0.4, -0.2) is 50.0 Å². The van der Waals surface area contributed by atoms with Gasteiger partial charge in [0.2, 0.25) is 15.6 Å². The summed E-state index contributed by atoms with van der Waals surface area (Å²) in [5, 5.41) is 12.3. The number of nitrogens with zero attached hydrogens (tertiary/aromatic N) is 1. The van der Waals surface area contributed by atoms with Crippen molar-refractivity contribution in [3.63, 3.8) is 0 Å². The Hall–Kier alpha value is -2.96. The minimum absolute atomic E-state index is 0.0189. The lowest BCUT2D eigenvalue weighted by Gasteiger charge is -2.15. The Bertz CT molecular complexity index is 957. The largest absolute Gasteiger partial charge is 0.493 e. The molecule has 1 N–H and O–H groups in total. The van der Waals surface area contributed by atoms with Crippen molar-refractivity contribution in [1.82, 2.24) is 0 Å². The first kappa shape index (κ1) is 21.3. The third kappa shape index (κ3) is 4.30. The fourth-order valence-corrected chi connectivity index (χ4v) is 3.89. The molecule has 0 bridgehead atoms. The predicted molar refractivity (Wildman–Crippen MR) is 103 cm³/mol. The van der Waals surface area contributed by atoms with E-state index in [2.05, 4.69) is 5.32 Å². The Morgan fingerprint density at radius 3 is 2.11 bits per heavy atom. The molecule has 0 saturated carbocycles. The van der Waals surface area contributed by atoms with Crippen LogP contribution < -0.4 is 19.5 Å². The van der Waals surface area contributed by atoms with Crippen molar-refractivity contribution in [2.45, 2.75) is 9.79 Å². The zero-order chi connectivity index (χ0) is 20.7. The molecule has 0 aliphatic heterocycles. The van der Waals surface area contributed by atoms with Gasteiger partial charge in [0.15, 0.2) is 11.5 Å². The summed E-state index contributed by atoms with van der Waals surface area (Å²) in [6, 6.07) is 9.04. The second kappa shape index (κ2) is 9.30. The maximum atomic E-state index is 13.2. The summed E-state index contributed by atoms with van der Waals surface area (Å²) in [7, 11) is 1.91. The van der Waals surface area contributed by atoms with E-state index < -0.39 is 9.84 Å². The van der Waals surface area contributed by atoms with Gasteiger partial charge in [0.25, 0.3) is 0 Å². The minimum Gasteiger partial charge on any atom is -0.493 e. The Kier molecular flexibility index (Phi) is 7.09. The Balaban J connectivity index is 2.55. The smallest absolute Gasteiger partial charge is 0.206 e. The summed E-state index contributed by atoms with van der Waals surface area (Å²) in [5.41, 5.74) is 0.744. The zero-order valence-electron chi connectivity index (χ0n) is 16.1. The number of benzene rings is 2. The number of ether oxygens (including phenoxy) is 4. The van der Waals surface area contributed by atoms with Crippen LogP contribution in [0.5, 0.6) is 17.2 Å². The summed E-state index contributed by atoms with van der Waals surface area (Å²) >= 11 is 0. The van der Waals surface area contributed by atoms with E-state index in [0.29, 0.717) is 30.2 Å². The Morgan fingerprint density at radius 2 is 1.61 bits per heavy atom. The van der Waals surface area contributed by atoms with Gasteiger partial charge in [-0.2, -0.15) is 5.26 Å². The van der Waals surface area contributed by atoms with Gasteiger partial charge in [-0.3, -0.25) is 0 Å². The van der Waals surface area contributed by atoms with Gasteiger partial charge in [-0.1, -0.05) is 0 Å². The van der Waals surface area contributed by atoms with Crippen molar-refractivity contribution >= 4 is 15.5 Å². The van der Waals surface area contributed by atoms with Crippen molar-refractivity contribution < 1.29 is 27.4 Å². The Labute approximate surface area is 164 Å². The van der Waals surface area contributed by atoms with Gasteiger partial charge in [-0.25, -0.2) is 8.42 Å². The van der Waals surface area contributed by atoms with E-state index in [-0.39, 0.29) is 21.3 Å². The molecule has 0 saturated heterocycles. The molecule has 0 aliphatic carbocycles. The molecule has 8 nitrogen and oxygen atoms in total. The molecule has 0 spiro atoms. The second-order valence-electron chi connectivity index (χ2n) is 5.60. The van der Waals surface area contributed by atoms with Gasteiger partial charge in [0.05, 0.1) is 49.0 Å². The molecule has 0 fully saturated rings. The first-order chi connectivity index (χ1) is 13.4. The molecule has 2 aromatic rings. The van der Waals surface area contributed by atoms with E-state index >= 15 is 0 Å². The molecule has 0 aliphatic rings. The number of hydrogen-bond donors (Lipinski definition) is 1. The van der Waals surface area contributed by atoms with Crippen molar-refractivity contribution in [3.8, 4) is 23.3 Å². The molecular weight excluding hydrogens is 384 g/mol. The molecule has 0 heterocycles. The SMILES string of the molecule is COCCNc1cc(S(=O)(=O)c2cc(OC)c(OC)c(OC)c2)ccc1C#N. The normalized spacial score (nSPS) is 10.8. The monoisotopic (exact) mass is 406 g/mol. The highest BCUT2D eigenvalue weighted by molar-refractivity contribution is 7.91. The average Bonchev–Trinajstić information content (AvgIpc) is 2.72. The number of nitriles is 1. The van der Waals surface area contributed by atoms with E-state index in [1.165, 1.54) is 51.7 Å². The number of methoxy groups -OCH3 is 4. The number of rotatable bonds is 9. The van der Waals surface area contributed by atoms with Gasteiger partial charge in [-0.15, -0.1) is 0 Å². The van der Waals surface area contributed by atoms with Crippen LogP contribution >= 0.6 is 0 Å². The third-order valence-corrected chi connectivity index (χ3v) is 5.72. The van der Waals surface area contributed by atoms with Gasteiger partial charge >= 0.3 is 0 Å². The lowest BCUT2D eigenvalue weighted by atomic mass is 10.2. The molecule has 0 atom stereocenters. The van der Waals surface area contributed by atoms with E-state index in [1.54, 1.807) is 7.11 Å². The van der Waals surface area contributed by atoms with Crippen LogP contribution in [0.15, 0.2) is 40.1 Å². The molecule has 2 aromatic carbocycles. The summed E-state index contributed by atoms with van der Waals surface area (Å²) in [6.07, 6.45) is 0. The standard InChI is InChI=1S/C19H22N2O6S/c1-24-8-7-21-16-9-14(6-5-13(16)12-20)28(22,23)15-10-17(25-2)19(27-4)18(11-15)26-3/h5-6,9-11,21H,7-8H2,1-4H3. The fourth-order valence-electron chi connectivity index (χ4n) is 2.57. The maximum Gasteiger partial charge on any atom is 0.206 e. The Morgan fingerprint density at radius 1 is 0.964 bits per heavy atom. The topological polar surface area (TPSA) is 107 Å². The van der Waals surface area contributed by atoms with Crippen LogP contribution in [-0.2, 0) is 14.6 Å². The van der Waals surface area contributed by atoms with Crippen LogP contribution in [0.1, 0.15) is 5.56 Å². The summed E-state index contributed by atoms with van der Waals surface area (Å²) in [5.74, 6) is 0.755. The first-order valence-corrected chi connectivity index (χ1v) is 9.73. The fraction of sp³-hybridized carbons (Fsp3) is 0.316. The van der Waals surface area contributed by atoms with E-state index in [0.717, 1.165) is 0 Å². The lowest BCUT2D eigenvalue weighted by molar-refractivity contribution is 0.211. The second-order valence-corrected chi connectivity index (χ2v) is 7.55. The third-order valence-electron chi connectivity index (χ3n) is 3.99. The molecule has 150 valence electrons. The average molecular weight is 406 g/mol. The molecule has 28 heavy (non-hydrogen) atoms. The van der Waals surface area contributed by atoms with Crippen LogP contribution in [0.4, 0.5) is 5.69 Å². The zero-order valence-corrected chi connectivity index (χ0v) is 16.9. The summed E-state index contributed by atoms with van der Waals surface area (Å²) in [4.78, 5) is 0.00948. The van der Waals surface area contributed by atoms with Crippen LogP contribution in [0, 0.1) is 11.3 Å². The van der Waals surface area contributed by atoms with Gasteiger partial charge in [0.1, 0.15) is 6.07 Å². The van der Waals surface area contributed by atoms with Crippen molar-refractivity contribution in [2.75, 3.05) is 46.9 Å². The van der Waals surface area contributed by atoms with Crippen molar-refractivity contribution in [1.29, 1.82) is 5.26 Å². The number of sulfone groups is 1. The van der Waals surface area contributed by atoms with Gasteiger partial charge < -0.3 is 24.3 Å². The molecule has 0 amide bonds. The number of anilines is 1. The maximum absolute atomic E-state index is 13.2. The van der Waals surface area contributed by atoms with Crippen LogP contribution in [0.25, 0.3) is 0 Å². The molecular formula is C19H22N2O6S. The van der Waals surface area contributed by atoms with Crippen LogP contribution in [0.3, 0.4) is 0 Å².